The monoisotopic (exact) mass is 407 g/mol. The van der Waals surface area contributed by atoms with Gasteiger partial charge in [0.1, 0.15) is 5.92 Å². The maximum Gasteiger partial charge on any atom is 0.336 e. The van der Waals surface area contributed by atoms with Crippen LogP contribution >= 0.6 is 0 Å². The number of carbonyl (C=O) groups excluding carboxylic acids is 2. The van der Waals surface area contributed by atoms with Crippen LogP contribution in [-0.2, 0) is 19.1 Å². The molecular formula is C24H25NO5. The van der Waals surface area contributed by atoms with Crippen LogP contribution in [0.15, 0.2) is 70.0 Å². The standard InChI is InChI=1S/C24H25NO5/c1-4-29-23(26)20-16(3)25-22(18-13-14-28-15-18)21(24(27)30-5-2)19(20)12-11-17-9-7-6-8-10-17/h6-15,19-20H,4-5H2,1-3H3/b12-11+. The Morgan fingerprint density at radius 3 is 2.47 bits per heavy atom. The molecule has 0 fully saturated rings. The summed E-state index contributed by atoms with van der Waals surface area (Å²) in [6.07, 6.45) is 6.78. The number of allylic oxidation sites excluding steroid dienone is 1. The first-order valence-electron chi connectivity index (χ1n) is 9.95. The van der Waals surface area contributed by atoms with Crippen molar-refractivity contribution in [1.82, 2.24) is 0 Å². The minimum absolute atomic E-state index is 0.211. The summed E-state index contributed by atoms with van der Waals surface area (Å²) in [4.78, 5) is 30.4. The van der Waals surface area contributed by atoms with Gasteiger partial charge in [-0.1, -0.05) is 42.5 Å². The highest BCUT2D eigenvalue weighted by Crippen LogP contribution is 2.38. The number of esters is 2. The van der Waals surface area contributed by atoms with E-state index < -0.39 is 23.8 Å². The van der Waals surface area contributed by atoms with Gasteiger partial charge < -0.3 is 13.9 Å². The molecule has 156 valence electrons. The third-order valence-corrected chi connectivity index (χ3v) is 4.81. The number of nitrogens with zero attached hydrogens (tertiary/aromatic N) is 1. The van der Waals surface area contributed by atoms with Gasteiger partial charge in [-0.25, -0.2) is 4.79 Å². The largest absolute Gasteiger partial charge is 0.472 e. The molecule has 2 unspecified atom stereocenters. The second kappa shape index (κ2) is 9.87. The Bertz CT molecular complexity index is 970. The van der Waals surface area contributed by atoms with Crippen molar-refractivity contribution in [2.75, 3.05) is 13.2 Å². The summed E-state index contributed by atoms with van der Waals surface area (Å²) < 4.78 is 15.8. The Hall–Kier alpha value is -3.41. The van der Waals surface area contributed by atoms with E-state index in [1.54, 1.807) is 26.8 Å². The molecule has 30 heavy (non-hydrogen) atoms. The fourth-order valence-electron chi connectivity index (χ4n) is 3.49. The Morgan fingerprint density at radius 1 is 1.10 bits per heavy atom. The highest BCUT2D eigenvalue weighted by Gasteiger charge is 2.41. The first-order chi connectivity index (χ1) is 14.6. The van der Waals surface area contributed by atoms with Gasteiger partial charge in [-0.2, -0.15) is 0 Å². The van der Waals surface area contributed by atoms with Gasteiger partial charge in [0.05, 0.1) is 37.0 Å². The average molecular weight is 407 g/mol. The molecule has 0 saturated heterocycles. The van der Waals surface area contributed by atoms with Crippen LogP contribution in [-0.4, -0.2) is 30.9 Å². The smallest absolute Gasteiger partial charge is 0.336 e. The van der Waals surface area contributed by atoms with Crippen molar-refractivity contribution in [3.63, 3.8) is 0 Å². The van der Waals surface area contributed by atoms with E-state index in [2.05, 4.69) is 4.99 Å². The van der Waals surface area contributed by atoms with Gasteiger partial charge in [-0.15, -0.1) is 0 Å². The van der Waals surface area contributed by atoms with Gasteiger partial charge in [-0.05, 0) is 32.4 Å². The van der Waals surface area contributed by atoms with Crippen molar-refractivity contribution in [3.8, 4) is 0 Å². The third kappa shape index (κ3) is 4.59. The third-order valence-electron chi connectivity index (χ3n) is 4.81. The van der Waals surface area contributed by atoms with E-state index >= 15 is 0 Å². The number of ether oxygens (including phenoxy) is 2. The van der Waals surface area contributed by atoms with Crippen molar-refractivity contribution >= 4 is 29.4 Å². The lowest BCUT2D eigenvalue weighted by Crippen LogP contribution is -2.37. The van der Waals surface area contributed by atoms with Crippen molar-refractivity contribution in [2.24, 2.45) is 16.8 Å². The molecule has 3 rings (SSSR count). The van der Waals surface area contributed by atoms with Crippen molar-refractivity contribution in [3.05, 3.63) is 71.7 Å². The summed E-state index contributed by atoms with van der Waals surface area (Å²) in [5.41, 5.74) is 2.93. The lowest BCUT2D eigenvalue weighted by Gasteiger charge is -2.29. The Kier molecular flexibility index (Phi) is 7.01. The SMILES string of the molecule is CCOC(=O)C1=C(c2ccoc2)N=C(C)C(C(=O)OCC)C1/C=C/c1ccccc1. The topological polar surface area (TPSA) is 78.1 Å². The fourth-order valence-corrected chi connectivity index (χ4v) is 3.49. The number of hydrogen-bond acceptors (Lipinski definition) is 6. The zero-order valence-corrected chi connectivity index (χ0v) is 17.3. The van der Waals surface area contributed by atoms with E-state index in [9.17, 15) is 9.59 Å². The van der Waals surface area contributed by atoms with Crippen LogP contribution in [0, 0.1) is 11.8 Å². The molecule has 0 bridgehead atoms. The van der Waals surface area contributed by atoms with E-state index in [0.717, 1.165) is 5.56 Å². The maximum atomic E-state index is 13.0. The normalized spacial score (nSPS) is 19.0. The molecule has 0 radical (unpaired) electrons. The van der Waals surface area contributed by atoms with Crippen molar-refractivity contribution in [2.45, 2.75) is 20.8 Å². The minimum Gasteiger partial charge on any atom is -0.472 e. The first-order valence-corrected chi connectivity index (χ1v) is 9.95. The maximum absolute atomic E-state index is 13.0. The molecular weight excluding hydrogens is 382 g/mol. The quantitative estimate of drug-likeness (QED) is 0.630. The lowest BCUT2D eigenvalue weighted by atomic mass is 9.78. The summed E-state index contributed by atoms with van der Waals surface area (Å²) in [6.45, 7) is 5.71. The van der Waals surface area contributed by atoms with Crippen LogP contribution in [0.25, 0.3) is 11.8 Å². The Labute approximate surface area is 175 Å². The Morgan fingerprint density at radius 2 is 1.83 bits per heavy atom. The molecule has 0 N–H and O–H groups in total. The van der Waals surface area contributed by atoms with E-state index in [4.69, 9.17) is 13.9 Å². The molecule has 6 heteroatoms. The van der Waals surface area contributed by atoms with Crippen LogP contribution < -0.4 is 0 Å². The second-order valence-corrected chi connectivity index (χ2v) is 6.77. The molecule has 1 aromatic carbocycles. The van der Waals surface area contributed by atoms with Crippen molar-refractivity contribution < 1.29 is 23.5 Å². The number of hydrogen-bond donors (Lipinski definition) is 0. The molecule has 6 nitrogen and oxygen atoms in total. The number of rotatable bonds is 7. The van der Waals surface area contributed by atoms with Gasteiger partial charge >= 0.3 is 11.9 Å². The summed E-state index contributed by atoms with van der Waals surface area (Å²) >= 11 is 0. The van der Waals surface area contributed by atoms with Gasteiger partial charge in [0, 0.05) is 17.2 Å². The number of benzene rings is 1. The molecule has 1 aliphatic rings. The Balaban J connectivity index is 2.16. The van der Waals surface area contributed by atoms with Crippen LogP contribution in [0.2, 0.25) is 0 Å². The van der Waals surface area contributed by atoms with Crippen LogP contribution in [0.3, 0.4) is 0 Å². The molecule has 0 aliphatic carbocycles. The van der Waals surface area contributed by atoms with Gasteiger partial charge in [0.15, 0.2) is 0 Å². The summed E-state index contributed by atoms with van der Waals surface area (Å²) in [7, 11) is 0. The van der Waals surface area contributed by atoms with E-state index in [0.29, 0.717) is 22.5 Å². The molecule has 0 saturated carbocycles. The zero-order chi connectivity index (χ0) is 21.5. The molecule has 1 aromatic heterocycles. The van der Waals surface area contributed by atoms with Gasteiger partial charge in [0.25, 0.3) is 0 Å². The molecule has 2 atom stereocenters. The van der Waals surface area contributed by atoms with Crippen LogP contribution in [0.5, 0.6) is 0 Å². The fraction of sp³-hybridized carbons (Fsp3) is 0.292. The number of carbonyl (C=O) groups is 2. The highest BCUT2D eigenvalue weighted by atomic mass is 16.5. The minimum atomic E-state index is -0.722. The molecule has 0 amide bonds. The van der Waals surface area contributed by atoms with Gasteiger partial charge in [0.2, 0.25) is 0 Å². The molecule has 2 aromatic rings. The summed E-state index contributed by atoms with van der Waals surface area (Å²) in [5, 5.41) is 0. The second-order valence-electron chi connectivity index (χ2n) is 6.77. The predicted molar refractivity (Wildman–Crippen MR) is 114 cm³/mol. The molecule has 1 aliphatic heterocycles. The predicted octanol–water partition coefficient (Wildman–Crippen LogP) is 4.54. The van der Waals surface area contributed by atoms with Gasteiger partial charge in [-0.3, -0.25) is 9.79 Å². The average Bonchev–Trinajstić information content (AvgIpc) is 3.27. The van der Waals surface area contributed by atoms with E-state index in [-0.39, 0.29) is 13.2 Å². The van der Waals surface area contributed by atoms with Crippen LogP contribution in [0.1, 0.15) is 31.9 Å². The van der Waals surface area contributed by atoms with E-state index in [1.807, 2.05) is 42.5 Å². The number of aliphatic imine (C=N–C) groups is 1. The molecule has 0 spiro atoms. The lowest BCUT2D eigenvalue weighted by molar-refractivity contribution is -0.146. The highest BCUT2D eigenvalue weighted by molar-refractivity contribution is 6.11. The van der Waals surface area contributed by atoms with Crippen molar-refractivity contribution in [1.29, 1.82) is 0 Å². The first kappa shape index (κ1) is 21.3. The zero-order valence-electron chi connectivity index (χ0n) is 17.3. The van der Waals surface area contributed by atoms with Crippen LogP contribution in [0.4, 0.5) is 0 Å². The summed E-state index contributed by atoms with van der Waals surface area (Å²) in [6, 6.07) is 11.4. The summed E-state index contributed by atoms with van der Waals surface area (Å²) in [5.74, 6) is -2.25. The molecule has 2 heterocycles. The number of furan rings is 1. The van der Waals surface area contributed by atoms with E-state index in [1.165, 1.54) is 12.5 Å².